The highest BCUT2D eigenvalue weighted by Gasteiger charge is 2.29. The Bertz CT molecular complexity index is 1170. The van der Waals surface area contributed by atoms with Crippen LogP contribution in [0.4, 0.5) is 5.69 Å². The highest BCUT2D eigenvalue weighted by molar-refractivity contribution is 7.91. The largest absolute Gasteiger partial charge is 0.378 e. The average Bonchev–Trinajstić information content (AvgIpc) is 3.31. The summed E-state index contributed by atoms with van der Waals surface area (Å²) in [6, 6.07) is 16.5. The number of sulfone groups is 1. The van der Waals surface area contributed by atoms with Crippen molar-refractivity contribution in [3.8, 4) is 0 Å². The second kappa shape index (κ2) is 8.75. The lowest BCUT2D eigenvalue weighted by Crippen LogP contribution is -2.30. The van der Waals surface area contributed by atoms with Crippen molar-refractivity contribution in [2.75, 3.05) is 37.0 Å². The fourth-order valence-electron chi connectivity index (χ4n) is 4.38. The summed E-state index contributed by atoms with van der Waals surface area (Å²) in [5.41, 5.74) is 4.44. The molecule has 7 heteroatoms. The maximum atomic E-state index is 12.6. The number of aromatic nitrogens is 1. The number of fused-ring (bicyclic) bond motifs is 1. The first-order valence-electron chi connectivity index (χ1n) is 10.6. The number of carbonyl (C=O) groups is 1. The van der Waals surface area contributed by atoms with Crippen molar-refractivity contribution in [3.05, 3.63) is 65.9 Å². The van der Waals surface area contributed by atoms with Gasteiger partial charge in [0.2, 0.25) is 5.91 Å². The van der Waals surface area contributed by atoms with Crippen LogP contribution in [0.2, 0.25) is 0 Å². The highest BCUT2D eigenvalue weighted by Crippen LogP contribution is 2.31. The van der Waals surface area contributed by atoms with Crippen molar-refractivity contribution in [2.45, 2.75) is 18.8 Å². The predicted molar refractivity (Wildman–Crippen MR) is 125 cm³/mol. The molecule has 0 bridgehead atoms. The minimum Gasteiger partial charge on any atom is -0.378 e. The Morgan fingerprint density at radius 2 is 1.90 bits per heavy atom. The molecule has 2 atom stereocenters. The Labute approximate surface area is 183 Å². The van der Waals surface area contributed by atoms with Crippen LogP contribution in [-0.2, 0) is 14.6 Å². The van der Waals surface area contributed by atoms with Crippen LogP contribution < -0.4 is 10.2 Å². The van der Waals surface area contributed by atoms with E-state index in [-0.39, 0.29) is 35.7 Å². The van der Waals surface area contributed by atoms with Gasteiger partial charge < -0.3 is 15.2 Å². The van der Waals surface area contributed by atoms with Gasteiger partial charge in [0.25, 0.3) is 0 Å². The van der Waals surface area contributed by atoms with Gasteiger partial charge in [-0.2, -0.15) is 0 Å². The molecule has 6 nitrogen and oxygen atoms in total. The Hall–Kier alpha value is -2.80. The van der Waals surface area contributed by atoms with Crippen LogP contribution in [0, 0.1) is 5.92 Å². The van der Waals surface area contributed by atoms with Crippen LogP contribution in [0.15, 0.2) is 54.7 Å². The predicted octanol–water partition coefficient (Wildman–Crippen LogP) is 3.31. The van der Waals surface area contributed by atoms with E-state index in [9.17, 15) is 13.2 Å². The molecule has 1 amide bonds. The molecule has 2 N–H and O–H groups in total. The number of benzene rings is 2. The number of nitrogens with zero attached hydrogens (tertiary/aromatic N) is 1. The van der Waals surface area contributed by atoms with E-state index in [4.69, 9.17) is 0 Å². The topological polar surface area (TPSA) is 82.3 Å². The molecule has 2 heterocycles. The number of hydrogen-bond acceptors (Lipinski definition) is 4. The smallest absolute Gasteiger partial charge is 0.220 e. The fourth-order valence-corrected chi connectivity index (χ4v) is 6.24. The second-order valence-corrected chi connectivity index (χ2v) is 10.8. The van der Waals surface area contributed by atoms with Crippen LogP contribution in [0.3, 0.4) is 0 Å². The highest BCUT2D eigenvalue weighted by atomic mass is 32.2. The van der Waals surface area contributed by atoms with Crippen molar-refractivity contribution < 1.29 is 13.2 Å². The van der Waals surface area contributed by atoms with Crippen LogP contribution in [0.25, 0.3) is 10.9 Å². The van der Waals surface area contributed by atoms with E-state index in [0.717, 1.165) is 27.7 Å². The minimum atomic E-state index is -2.97. The lowest BCUT2D eigenvalue weighted by atomic mass is 9.90. The van der Waals surface area contributed by atoms with Gasteiger partial charge in [-0.25, -0.2) is 8.42 Å². The van der Waals surface area contributed by atoms with Crippen LogP contribution in [0.5, 0.6) is 0 Å². The van der Waals surface area contributed by atoms with E-state index >= 15 is 0 Å². The summed E-state index contributed by atoms with van der Waals surface area (Å²) in [5.74, 6) is 0.149. The molecule has 0 spiro atoms. The molecule has 4 rings (SSSR count). The number of H-pyrrole nitrogens is 1. The summed E-state index contributed by atoms with van der Waals surface area (Å²) >= 11 is 0. The monoisotopic (exact) mass is 439 g/mol. The number of carbonyl (C=O) groups excluding carboxylic acids is 1. The van der Waals surface area contributed by atoms with E-state index in [2.05, 4.69) is 45.5 Å². The SMILES string of the molecule is CN(C)c1ccc([C@@H](CNC(=O)C[C@@H]2CCS(=O)(=O)C2)c2c[nH]c3ccccc23)cc1. The lowest BCUT2D eigenvalue weighted by molar-refractivity contribution is -0.121. The van der Waals surface area contributed by atoms with Crippen molar-refractivity contribution in [1.82, 2.24) is 10.3 Å². The zero-order valence-electron chi connectivity index (χ0n) is 18.0. The first-order chi connectivity index (χ1) is 14.8. The number of para-hydroxylation sites is 1. The average molecular weight is 440 g/mol. The third-order valence-electron chi connectivity index (χ3n) is 6.11. The van der Waals surface area contributed by atoms with Gasteiger partial charge in [-0.1, -0.05) is 30.3 Å². The number of anilines is 1. The zero-order valence-corrected chi connectivity index (χ0v) is 18.8. The Morgan fingerprint density at radius 1 is 1.16 bits per heavy atom. The van der Waals surface area contributed by atoms with Crippen molar-refractivity contribution in [1.29, 1.82) is 0 Å². The number of rotatable bonds is 7. The second-order valence-electron chi connectivity index (χ2n) is 8.61. The first-order valence-corrected chi connectivity index (χ1v) is 12.4. The Morgan fingerprint density at radius 3 is 2.58 bits per heavy atom. The summed E-state index contributed by atoms with van der Waals surface area (Å²) in [6.45, 7) is 0.460. The van der Waals surface area contributed by atoms with Crippen molar-refractivity contribution >= 4 is 32.3 Å². The minimum absolute atomic E-state index is 0.0105. The molecule has 0 radical (unpaired) electrons. The Balaban J connectivity index is 1.55. The normalized spacial score (nSPS) is 18.7. The lowest BCUT2D eigenvalue weighted by Gasteiger charge is -2.20. The molecule has 3 aromatic rings. The van der Waals surface area contributed by atoms with Gasteiger partial charge in [-0.15, -0.1) is 0 Å². The summed E-state index contributed by atoms with van der Waals surface area (Å²) in [6.07, 6.45) is 2.86. The van der Waals surface area contributed by atoms with E-state index in [0.29, 0.717) is 13.0 Å². The zero-order chi connectivity index (χ0) is 22.0. The van der Waals surface area contributed by atoms with E-state index in [1.807, 2.05) is 38.5 Å². The van der Waals surface area contributed by atoms with Crippen LogP contribution in [0.1, 0.15) is 29.9 Å². The summed E-state index contributed by atoms with van der Waals surface area (Å²) < 4.78 is 23.4. The van der Waals surface area contributed by atoms with Crippen LogP contribution >= 0.6 is 0 Å². The van der Waals surface area contributed by atoms with Gasteiger partial charge in [0.1, 0.15) is 0 Å². The van der Waals surface area contributed by atoms with E-state index < -0.39 is 9.84 Å². The molecule has 0 unspecified atom stereocenters. The van der Waals surface area contributed by atoms with Gasteiger partial charge in [-0.3, -0.25) is 4.79 Å². The summed E-state index contributed by atoms with van der Waals surface area (Å²) in [4.78, 5) is 18.0. The number of nitrogens with one attached hydrogen (secondary N) is 2. The molecular formula is C24H29N3O3S. The third-order valence-corrected chi connectivity index (χ3v) is 7.95. The van der Waals surface area contributed by atoms with Gasteiger partial charge in [0.05, 0.1) is 11.5 Å². The molecule has 0 aliphatic carbocycles. The molecular weight excluding hydrogens is 410 g/mol. The Kier molecular flexibility index (Phi) is 6.05. The van der Waals surface area contributed by atoms with Crippen molar-refractivity contribution in [3.63, 3.8) is 0 Å². The van der Waals surface area contributed by atoms with Gasteiger partial charge in [0, 0.05) is 55.8 Å². The van der Waals surface area contributed by atoms with Gasteiger partial charge >= 0.3 is 0 Å². The molecule has 1 fully saturated rings. The molecule has 2 aromatic carbocycles. The molecule has 0 saturated carbocycles. The maximum absolute atomic E-state index is 12.6. The number of hydrogen-bond donors (Lipinski definition) is 2. The van der Waals surface area contributed by atoms with E-state index in [1.54, 1.807) is 0 Å². The van der Waals surface area contributed by atoms with Gasteiger partial charge in [0.15, 0.2) is 9.84 Å². The van der Waals surface area contributed by atoms with Crippen molar-refractivity contribution in [2.24, 2.45) is 5.92 Å². The third kappa shape index (κ3) is 4.93. The summed E-state index contributed by atoms with van der Waals surface area (Å²) in [7, 11) is 1.04. The first kappa shape index (κ1) is 21.4. The molecule has 1 aromatic heterocycles. The standard InChI is InChI=1S/C24H29N3O3S/c1-27(2)19-9-7-18(8-10-19)21(22-15-25-23-6-4-3-5-20(22)23)14-26-24(28)13-17-11-12-31(29,30)16-17/h3-10,15,17,21,25H,11-14,16H2,1-2H3,(H,26,28)/t17-,21+/m0/s1. The number of aromatic amines is 1. The summed E-state index contributed by atoms with van der Waals surface area (Å²) in [5, 5.41) is 4.21. The quantitative estimate of drug-likeness (QED) is 0.592. The van der Waals surface area contributed by atoms with E-state index in [1.165, 1.54) is 0 Å². The van der Waals surface area contributed by atoms with Crippen LogP contribution in [-0.4, -0.2) is 51.5 Å². The molecule has 164 valence electrons. The molecule has 1 saturated heterocycles. The number of amides is 1. The molecule has 31 heavy (non-hydrogen) atoms. The van der Waals surface area contributed by atoms with Gasteiger partial charge in [-0.05, 0) is 41.7 Å². The molecule has 1 aliphatic heterocycles. The molecule has 1 aliphatic rings. The fraction of sp³-hybridized carbons (Fsp3) is 0.375. The maximum Gasteiger partial charge on any atom is 0.220 e.